The Bertz CT molecular complexity index is 915. The number of halogens is 2. The van der Waals surface area contributed by atoms with Gasteiger partial charge in [0.2, 0.25) is 10.0 Å². The number of carbonyl (C=O) groups excluding carboxylic acids is 1. The number of ether oxygens (including phenoxy) is 1. The van der Waals surface area contributed by atoms with Gasteiger partial charge in [0.25, 0.3) is 5.91 Å². The Morgan fingerprint density at radius 1 is 1.11 bits per heavy atom. The van der Waals surface area contributed by atoms with Crippen LogP contribution in [0.25, 0.3) is 0 Å². The van der Waals surface area contributed by atoms with Gasteiger partial charge in [0.1, 0.15) is 5.75 Å². The zero-order valence-electron chi connectivity index (χ0n) is 15.0. The molecular formula is C18H20F2N2O4S. The molecule has 0 radical (unpaired) electrons. The van der Waals surface area contributed by atoms with Crippen LogP contribution >= 0.6 is 0 Å². The van der Waals surface area contributed by atoms with E-state index in [-0.39, 0.29) is 11.3 Å². The Morgan fingerprint density at radius 3 is 2.30 bits per heavy atom. The van der Waals surface area contributed by atoms with Crippen molar-refractivity contribution in [2.75, 3.05) is 11.0 Å². The van der Waals surface area contributed by atoms with Crippen LogP contribution in [0.3, 0.4) is 0 Å². The fourth-order valence-corrected chi connectivity index (χ4v) is 2.99. The van der Waals surface area contributed by atoms with Gasteiger partial charge in [-0.05, 0) is 49.2 Å². The quantitative estimate of drug-likeness (QED) is 0.748. The van der Waals surface area contributed by atoms with Gasteiger partial charge in [0, 0.05) is 5.56 Å². The summed E-state index contributed by atoms with van der Waals surface area (Å²) in [7, 11) is -3.47. The lowest BCUT2D eigenvalue weighted by Gasteiger charge is -2.16. The van der Waals surface area contributed by atoms with Gasteiger partial charge < -0.3 is 10.1 Å². The minimum Gasteiger partial charge on any atom is -0.435 e. The van der Waals surface area contributed by atoms with E-state index >= 15 is 0 Å². The molecule has 146 valence electrons. The van der Waals surface area contributed by atoms with Gasteiger partial charge in [-0.1, -0.05) is 18.2 Å². The van der Waals surface area contributed by atoms with E-state index < -0.39 is 28.6 Å². The van der Waals surface area contributed by atoms with Crippen molar-refractivity contribution >= 4 is 21.6 Å². The lowest BCUT2D eigenvalue weighted by molar-refractivity contribution is -0.0498. The van der Waals surface area contributed by atoms with Crippen molar-refractivity contribution in [3.8, 4) is 5.75 Å². The summed E-state index contributed by atoms with van der Waals surface area (Å²) in [6, 6.07) is 10.2. The molecule has 0 saturated heterocycles. The summed E-state index contributed by atoms with van der Waals surface area (Å²) < 4.78 is 53.9. The molecule has 0 saturated carbocycles. The van der Waals surface area contributed by atoms with E-state index in [9.17, 15) is 22.0 Å². The normalized spacial score (nSPS) is 12.5. The monoisotopic (exact) mass is 398 g/mol. The lowest BCUT2D eigenvalue weighted by Crippen LogP contribution is -2.26. The first kappa shape index (κ1) is 20.6. The molecule has 9 heteroatoms. The third-order valence-corrected chi connectivity index (χ3v) is 4.34. The van der Waals surface area contributed by atoms with Crippen molar-refractivity contribution in [2.24, 2.45) is 0 Å². The van der Waals surface area contributed by atoms with Crippen LogP contribution in [0, 0.1) is 6.92 Å². The lowest BCUT2D eigenvalue weighted by atomic mass is 10.1. The number of hydrogen-bond acceptors (Lipinski definition) is 4. The maximum atomic E-state index is 12.5. The van der Waals surface area contributed by atoms with Crippen LogP contribution in [0.2, 0.25) is 0 Å². The molecule has 0 bridgehead atoms. The van der Waals surface area contributed by atoms with Crippen LogP contribution < -0.4 is 14.8 Å². The van der Waals surface area contributed by atoms with Crippen molar-refractivity contribution in [1.82, 2.24) is 5.32 Å². The summed E-state index contributed by atoms with van der Waals surface area (Å²) in [6.45, 7) is 0.565. The van der Waals surface area contributed by atoms with Crippen molar-refractivity contribution in [2.45, 2.75) is 26.5 Å². The van der Waals surface area contributed by atoms with E-state index in [0.717, 1.165) is 6.26 Å². The molecule has 0 aromatic heterocycles. The predicted octanol–water partition coefficient (Wildman–Crippen LogP) is 3.46. The third-order valence-electron chi connectivity index (χ3n) is 3.75. The Kier molecular flexibility index (Phi) is 6.37. The Balaban J connectivity index is 2.11. The first-order chi connectivity index (χ1) is 12.5. The minimum absolute atomic E-state index is 0.0299. The van der Waals surface area contributed by atoms with Crippen LogP contribution in [0.5, 0.6) is 5.75 Å². The van der Waals surface area contributed by atoms with Crippen molar-refractivity contribution in [1.29, 1.82) is 0 Å². The molecule has 2 aromatic carbocycles. The fourth-order valence-electron chi connectivity index (χ4n) is 2.37. The zero-order valence-corrected chi connectivity index (χ0v) is 15.8. The highest BCUT2D eigenvalue weighted by Crippen LogP contribution is 2.21. The Morgan fingerprint density at radius 2 is 1.74 bits per heavy atom. The summed E-state index contributed by atoms with van der Waals surface area (Å²) in [4.78, 5) is 12.5. The number of benzene rings is 2. The van der Waals surface area contributed by atoms with Crippen LogP contribution in [0.4, 0.5) is 14.5 Å². The van der Waals surface area contributed by atoms with E-state index in [1.165, 1.54) is 18.2 Å². The minimum atomic E-state index is -3.47. The Hall–Kier alpha value is -2.68. The molecule has 0 heterocycles. The second-order valence-corrected chi connectivity index (χ2v) is 7.80. The highest BCUT2D eigenvalue weighted by molar-refractivity contribution is 7.92. The maximum absolute atomic E-state index is 12.5. The molecule has 0 aliphatic heterocycles. The summed E-state index contributed by atoms with van der Waals surface area (Å²) in [5.41, 5.74) is 1.99. The van der Waals surface area contributed by atoms with Gasteiger partial charge in [0.15, 0.2) is 0 Å². The standard InChI is InChI=1S/C18H20F2N2O4S/c1-11-4-5-14(10-16(11)22-27(3,24)25)17(23)21-12(2)13-6-8-15(9-7-13)26-18(19)20/h4-10,12,18,22H,1-3H3,(H,21,23). The smallest absolute Gasteiger partial charge is 0.387 e. The average molecular weight is 398 g/mol. The van der Waals surface area contributed by atoms with E-state index in [1.807, 2.05) is 0 Å². The number of rotatable bonds is 7. The number of sulfonamides is 1. The zero-order chi connectivity index (χ0) is 20.2. The number of amides is 1. The van der Waals surface area contributed by atoms with Gasteiger partial charge in [-0.15, -0.1) is 0 Å². The molecule has 27 heavy (non-hydrogen) atoms. The SMILES string of the molecule is Cc1ccc(C(=O)NC(C)c2ccc(OC(F)F)cc2)cc1NS(C)(=O)=O. The fraction of sp³-hybridized carbons (Fsp3) is 0.278. The number of alkyl halides is 2. The molecule has 2 rings (SSSR count). The van der Waals surface area contributed by atoms with Crippen molar-refractivity contribution < 1.29 is 26.7 Å². The first-order valence-electron chi connectivity index (χ1n) is 7.99. The summed E-state index contributed by atoms with van der Waals surface area (Å²) >= 11 is 0. The number of aryl methyl sites for hydroxylation is 1. The number of nitrogens with one attached hydrogen (secondary N) is 2. The maximum Gasteiger partial charge on any atom is 0.387 e. The molecule has 1 amide bonds. The van der Waals surface area contributed by atoms with Crippen LogP contribution in [0.1, 0.15) is 34.5 Å². The van der Waals surface area contributed by atoms with E-state index in [2.05, 4.69) is 14.8 Å². The summed E-state index contributed by atoms with van der Waals surface area (Å²) in [6.07, 6.45) is 1.03. The highest BCUT2D eigenvalue weighted by atomic mass is 32.2. The van der Waals surface area contributed by atoms with Gasteiger partial charge >= 0.3 is 6.61 Å². The Labute approximate surface area is 156 Å². The number of anilines is 1. The molecule has 0 spiro atoms. The van der Waals surface area contributed by atoms with Gasteiger partial charge in [0.05, 0.1) is 18.0 Å². The van der Waals surface area contributed by atoms with Gasteiger partial charge in [-0.3, -0.25) is 9.52 Å². The summed E-state index contributed by atoms with van der Waals surface area (Å²) in [5.74, 6) is -0.366. The van der Waals surface area contributed by atoms with Gasteiger partial charge in [-0.25, -0.2) is 8.42 Å². The molecule has 0 fully saturated rings. The van der Waals surface area contributed by atoms with Crippen molar-refractivity contribution in [3.05, 3.63) is 59.2 Å². The van der Waals surface area contributed by atoms with E-state index in [4.69, 9.17) is 0 Å². The molecule has 0 aliphatic carbocycles. The second-order valence-electron chi connectivity index (χ2n) is 6.05. The van der Waals surface area contributed by atoms with Crippen LogP contribution in [-0.4, -0.2) is 27.2 Å². The largest absolute Gasteiger partial charge is 0.435 e. The van der Waals surface area contributed by atoms with Crippen LogP contribution in [0.15, 0.2) is 42.5 Å². The molecule has 6 nitrogen and oxygen atoms in total. The molecular weight excluding hydrogens is 378 g/mol. The number of hydrogen-bond donors (Lipinski definition) is 2. The average Bonchev–Trinajstić information content (AvgIpc) is 2.55. The predicted molar refractivity (Wildman–Crippen MR) is 98.6 cm³/mol. The summed E-state index contributed by atoms with van der Waals surface area (Å²) in [5, 5.41) is 2.78. The first-order valence-corrected chi connectivity index (χ1v) is 9.88. The molecule has 0 aliphatic rings. The molecule has 1 atom stereocenters. The molecule has 2 aromatic rings. The third kappa shape index (κ3) is 6.21. The number of carbonyl (C=O) groups is 1. The molecule has 1 unspecified atom stereocenters. The van der Waals surface area contributed by atoms with Crippen LogP contribution in [-0.2, 0) is 10.0 Å². The van der Waals surface area contributed by atoms with E-state index in [1.54, 1.807) is 38.1 Å². The topological polar surface area (TPSA) is 84.5 Å². The molecule has 2 N–H and O–H groups in total. The van der Waals surface area contributed by atoms with E-state index in [0.29, 0.717) is 16.8 Å². The highest BCUT2D eigenvalue weighted by Gasteiger charge is 2.14. The van der Waals surface area contributed by atoms with Crippen molar-refractivity contribution in [3.63, 3.8) is 0 Å². The van der Waals surface area contributed by atoms with Gasteiger partial charge in [-0.2, -0.15) is 8.78 Å². The second kappa shape index (κ2) is 8.34.